The lowest BCUT2D eigenvalue weighted by Crippen LogP contribution is -2.43. The summed E-state index contributed by atoms with van der Waals surface area (Å²) in [5.41, 5.74) is 0.621. The van der Waals surface area contributed by atoms with Crippen molar-refractivity contribution in [3.63, 3.8) is 0 Å². The molecule has 2 aliphatic heterocycles. The Kier molecular flexibility index (Phi) is 5.44. The molecule has 1 atom stereocenters. The molecule has 2 heterocycles. The van der Waals surface area contributed by atoms with Gasteiger partial charge in [0.15, 0.2) is 6.61 Å². The van der Waals surface area contributed by atoms with E-state index in [1.807, 2.05) is 0 Å². The van der Waals surface area contributed by atoms with Crippen molar-refractivity contribution in [1.82, 2.24) is 4.31 Å². The highest BCUT2D eigenvalue weighted by molar-refractivity contribution is 7.89. The van der Waals surface area contributed by atoms with Gasteiger partial charge in [-0.3, -0.25) is 9.59 Å². The van der Waals surface area contributed by atoms with Crippen LogP contribution in [0.25, 0.3) is 0 Å². The number of anilines is 2. The summed E-state index contributed by atoms with van der Waals surface area (Å²) in [7, 11) is -3.87. The largest absolute Gasteiger partial charge is 0.482 e. The van der Waals surface area contributed by atoms with Gasteiger partial charge in [0, 0.05) is 18.8 Å². The number of amides is 2. The molecular weight excluding hydrogens is 413 g/mol. The van der Waals surface area contributed by atoms with Gasteiger partial charge in [-0.2, -0.15) is 4.31 Å². The van der Waals surface area contributed by atoms with Crippen LogP contribution in [0.15, 0.2) is 47.4 Å². The highest BCUT2D eigenvalue weighted by Crippen LogP contribution is 2.32. The molecule has 1 fully saturated rings. The maximum absolute atomic E-state index is 13.3. The molecule has 2 aromatic carbocycles. The zero-order valence-corrected chi connectivity index (χ0v) is 16.7. The molecule has 1 saturated heterocycles. The van der Waals surface area contributed by atoms with E-state index >= 15 is 0 Å². The van der Waals surface area contributed by atoms with Crippen LogP contribution in [0.1, 0.15) is 12.8 Å². The summed E-state index contributed by atoms with van der Waals surface area (Å²) in [5, 5.41) is 5.24. The molecule has 2 aromatic rings. The van der Waals surface area contributed by atoms with E-state index in [4.69, 9.17) is 4.74 Å². The average molecular weight is 433 g/mol. The Morgan fingerprint density at radius 2 is 2.07 bits per heavy atom. The summed E-state index contributed by atoms with van der Waals surface area (Å²) in [5.74, 6) is -1.34. The lowest BCUT2D eigenvalue weighted by molar-refractivity contribution is -0.121. The summed E-state index contributed by atoms with van der Waals surface area (Å²) in [4.78, 5) is 24.1. The molecule has 30 heavy (non-hydrogen) atoms. The Morgan fingerprint density at radius 3 is 2.87 bits per heavy atom. The topological polar surface area (TPSA) is 105 Å². The van der Waals surface area contributed by atoms with Crippen LogP contribution in [0.3, 0.4) is 0 Å². The second-order valence-electron chi connectivity index (χ2n) is 7.20. The Morgan fingerprint density at radius 1 is 1.23 bits per heavy atom. The van der Waals surface area contributed by atoms with Gasteiger partial charge in [0.1, 0.15) is 11.6 Å². The summed E-state index contributed by atoms with van der Waals surface area (Å²) < 4.78 is 46.1. The van der Waals surface area contributed by atoms with Crippen molar-refractivity contribution in [1.29, 1.82) is 0 Å². The van der Waals surface area contributed by atoms with Crippen LogP contribution >= 0.6 is 0 Å². The Balaban J connectivity index is 1.50. The van der Waals surface area contributed by atoms with Gasteiger partial charge in [0.05, 0.1) is 16.5 Å². The van der Waals surface area contributed by atoms with Crippen LogP contribution in [-0.2, 0) is 19.6 Å². The Bertz CT molecular complexity index is 1110. The number of ether oxygens (including phenoxy) is 1. The standard InChI is InChI=1S/C20H20FN3O5S/c21-14-4-1-5-15(9-14)22-20(26)13-3-2-8-24(11-13)30(27,28)16-6-7-18-17(10-16)23-19(25)12-29-18/h1,4-7,9-10,13H,2-3,8,11-12H2,(H,22,26)(H,23,25)/t13-/m1/s1. The van der Waals surface area contributed by atoms with Gasteiger partial charge >= 0.3 is 0 Å². The lowest BCUT2D eigenvalue weighted by atomic mass is 9.99. The molecule has 2 aliphatic rings. The molecule has 0 spiro atoms. The molecule has 0 bridgehead atoms. The van der Waals surface area contributed by atoms with E-state index in [0.29, 0.717) is 30.0 Å². The number of carbonyl (C=O) groups is 2. The first kappa shape index (κ1) is 20.3. The molecule has 0 aromatic heterocycles. The van der Waals surface area contributed by atoms with Gasteiger partial charge in [0.2, 0.25) is 15.9 Å². The van der Waals surface area contributed by atoms with E-state index in [9.17, 15) is 22.4 Å². The molecule has 158 valence electrons. The number of nitrogens with zero attached hydrogens (tertiary/aromatic N) is 1. The number of fused-ring (bicyclic) bond motifs is 1. The van der Waals surface area contributed by atoms with Gasteiger partial charge in [-0.25, -0.2) is 12.8 Å². The number of nitrogens with one attached hydrogen (secondary N) is 2. The van der Waals surface area contributed by atoms with Crippen LogP contribution < -0.4 is 15.4 Å². The fraction of sp³-hybridized carbons (Fsp3) is 0.300. The van der Waals surface area contributed by atoms with E-state index in [2.05, 4.69) is 10.6 Å². The molecule has 4 rings (SSSR count). The molecular formula is C20H20FN3O5S. The van der Waals surface area contributed by atoms with E-state index < -0.39 is 21.8 Å². The van der Waals surface area contributed by atoms with Crippen LogP contribution in [0.4, 0.5) is 15.8 Å². The molecule has 0 aliphatic carbocycles. The number of rotatable bonds is 4. The highest BCUT2D eigenvalue weighted by atomic mass is 32.2. The zero-order chi connectivity index (χ0) is 21.3. The number of hydrogen-bond acceptors (Lipinski definition) is 5. The highest BCUT2D eigenvalue weighted by Gasteiger charge is 2.34. The van der Waals surface area contributed by atoms with Crippen molar-refractivity contribution in [3.8, 4) is 5.75 Å². The second-order valence-corrected chi connectivity index (χ2v) is 9.13. The number of carbonyl (C=O) groups excluding carboxylic acids is 2. The first-order valence-electron chi connectivity index (χ1n) is 9.46. The van der Waals surface area contributed by atoms with Crippen LogP contribution in [0.5, 0.6) is 5.75 Å². The molecule has 8 nitrogen and oxygen atoms in total. The van der Waals surface area contributed by atoms with Gasteiger partial charge in [-0.05, 0) is 49.2 Å². The first-order valence-corrected chi connectivity index (χ1v) is 10.9. The van der Waals surface area contributed by atoms with Gasteiger partial charge in [0.25, 0.3) is 5.91 Å². The van der Waals surface area contributed by atoms with Crippen LogP contribution in [-0.4, -0.2) is 44.2 Å². The molecule has 0 unspecified atom stereocenters. The van der Waals surface area contributed by atoms with E-state index in [1.54, 1.807) is 6.07 Å². The van der Waals surface area contributed by atoms with Crippen molar-refractivity contribution in [2.75, 3.05) is 30.3 Å². The molecule has 2 amide bonds. The fourth-order valence-electron chi connectivity index (χ4n) is 3.56. The normalized spacial score (nSPS) is 19.4. The lowest BCUT2D eigenvalue weighted by Gasteiger charge is -2.31. The fourth-order valence-corrected chi connectivity index (χ4v) is 5.11. The minimum absolute atomic E-state index is 0.0123. The quantitative estimate of drug-likeness (QED) is 0.769. The second kappa shape index (κ2) is 8.04. The van der Waals surface area contributed by atoms with Crippen molar-refractivity contribution in [3.05, 3.63) is 48.3 Å². The first-order chi connectivity index (χ1) is 14.3. The van der Waals surface area contributed by atoms with Crippen LogP contribution in [0.2, 0.25) is 0 Å². The number of benzene rings is 2. The molecule has 0 radical (unpaired) electrons. The van der Waals surface area contributed by atoms with Gasteiger partial charge in [-0.1, -0.05) is 6.07 Å². The Hall–Kier alpha value is -2.98. The predicted molar refractivity (Wildman–Crippen MR) is 107 cm³/mol. The van der Waals surface area contributed by atoms with Gasteiger partial charge < -0.3 is 15.4 Å². The zero-order valence-electron chi connectivity index (χ0n) is 15.9. The number of sulfonamides is 1. The minimum Gasteiger partial charge on any atom is -0.482 e. The molecule has 0 saturated carbocycles. The van der Waals surface area contributed by atoms with Crippen molar-refractivity contribution in [2.45, 2.75) is 17.7 Å². The average Bonchev–Trinajstić information content (AvgIpc) is 2.73. The third kappa shape index (κ3) is 4.14. The third-order valence-corrected chi connectivity index (χ3v) is 6.93. The Labute approximate surface area is 173 Å². The van der Waals surface area contributed by atoms with E-state index in [-0.39, 0.29) is 36.4 Å². The predicted octanol–water partition coefficient (Wildman–Crippen LogP) is 2.20. The van der Waals surface area contributed by atoms with Crippen LogP contribution in [0, 0.1) is 11.7 Å². The monoisotopic (exact) mass is 433 g/mol. The smallest absolute Gasteiger partial charge is 0.262 e. The van der Waals surface area contributed by atoms with Crippen molar-refractivity contribution < 1.29 is 27.1 Å². The maximum atomic E-state index is 13.3. The van der Waals surface area contributed by atoms with E-state index in [1.165, 1.54) is 40.7 Å². The number of piperidine rings is 1. The summed E-state index contributed by atoms with van der Waals surface area (Å²) >= 11 is 0. The maximum Gasteiger partial charge on any atom is 0.262 e. The van der Waals surface area contributed by atoms with Crippen molar-refractivity contribution in [2.24, 2.45) is 5.92 Å². The third-order valence-electron chi connectivity index (χ3n) is 5.07. The summed E-state index contributed by atoms with van der Waals surface area (Å²) in [6.07, 6.45) is 1.05. The van der Waals surface area contributed by atoms with E-state index in [0.717, 1.165) is 0 Å². The molecule has 10 heteroatoms. The number of hydrogen-bond donors (Lipinski definition) is 2. The number of halogens is 1. The minimum atomic E-state index is -3.87. The van der Waals surface area contributed by atoms with Gasteiger partial charge in [-0.15, -0.1) is 0 Å². The van der Waals surface area contributed by atoms with Crippen molar-refractivity contribution >= 4 is 33.2 Å². The SMILES string of the molecule is O=C1COc2ccc(S(=O)(=O)N3CCC[C@@H](C(=O)Nc4cccc(F)c4)C3)cc2N1. The molecule has 2 N–H and O–H groups in total. The summed E-state index contributed by atoms with van der Waals surface area (Å²) in [6, 6.07) is 9.82. The summed E-state index contributed by atoms with van der Waals surface area (Å²) in [6.45, 7) is 0.183.